The van der Waals surface area contributed by atoms with Crippen LogP contribution in [0.25, 0.3) is 0 Å². The number of nitrogens with two attached hydrogens (primary N) is 1. The lowest BCUT2D eigenvalue weighted by Crippen LogP contribution is -2.18. The van der Waals surface area contributed by atoms with Crippen LogP contribution in [-0.2, 0) is 24.3 Å². The second-order valence-electron chi connectivity index (χ2n) is 7.25. The lowest BCUT2D eigenvalue weighted by Gasteiger charge is -2.14. The molecule has 0 radical (unpaired) electrons. The summed E-state index contributed by atoms with van der Waals surface area (Å²) in [5.41, 5.74) is -0.372. The van der Waals surface area contributed by atoms with Gasteiger partial charge in [0.1, 0.15) is 17.5 Å². The van der Waals surface area contributed by atoms with Crippen molar-refractivity contribution in [2.24, 2.45) is 5.14 Å². The van der Waals surface area contributed by atoms with E-state index in [4.69, 9.17) is 9.88 Å². The monoisotopic (exact) mass is 416 g/mol. The molecular formula is C16H24N4O7S. The Hall–Kier alpha value is -2.28. The van der Waals surface area contributed by atoms with E-state index >= 15 is 0 Å². The van der Waals surface area contributed by atoms with Crippen molar-refractivity contribution >= 4 is 27.9 Å². The van der Waals surface area contributed by atoms with Crippen LogP contribution in [0.3, 0.4) is 0 Å². The van der Waals surface area contributed by atoms with E-state index in [1.165, 1.54) is 12.1 Å². The number of anilines is 1. The number of morpholine rings is 1. The van der Waals surface area contributed by atoms with Crippen molar-refractivity contribution in [3.05, 3.63) is 28.3 Å². The summed E-state index contributed by atoms with van der Waals surface area (Å²) >= 11 is 0. The average molecular weight is 416 g/mol. The summed E-state index contributed by atoms with van der Waals surface area (Å²) in [5, 5.41) is 19.0. The summed E-state index contributed by atoms with van der Waals surface area (Å²) in [6.45, 7) is 8.00. The predicted molar refractivity (Wildman–Crippen MR) is 100 cm³/mol. The van der Waals surface area contributed by atoms with Crippen LogP contribution in [0.1, 0.15) is 20.8 Å². The first-order valence-electron chi connectivity index (χ1n) is 8.48. The van der Waals surface area contributed by atoms with Crippen LogP contribution in [0.2, 0.25) is 0 Å². The fraction of sp³-hybridized carbons (Fsp3) is 0.562. The van der Waals surface area contributed by atoms with Gasteiger partial charge in [-0.1, -0.05) is 0 Å². The summed E-state index contributed by atoms with van der Waals surface area (Å²) in [6.07, 6.45) is 0.0975. The Balaban J connectivity index is 0.000000345. The number of carbonyl (C=O) groups excluding carboxylic acids is 1. The van der Waals surface area contributed by atoms with E-state index in [-0.39, 0.29) is 34.1 Å². The maximum atomic E-state index is 11.2. The maximum Gasteiger partial charge on any atom is 0.293 e. The number of carbonyl (C=O) groups is 1. The Bertz CT molecular complexity index is 828. The van der Waals surface area contributed by atoms with Crippen LogP contribution in [0.5, 0.6) is 0 Å². The van der Waals surface area contributed by atoms with E-state index in [1.807, 2.05) is 20.8 Å². The third-order valence-electron chi connectivity index (χ3n) is 4.03. The van der Waals surface area contributed by atoms with Gasteiger partial charge >= 0.3 is 0 Å². The molecule has 11 nitrogen and oxygen atoms in total. The van der Waals surface area contributed by atoms with Gasteiger partial charge in [-0.3, -0.25) is 19.8 Å². The Labute approximate surface area is 163 Å². The van der Waals surface area contributed by atoms with Crippen molar-refractivity contribution in [3.63, 3.8) is 0 Å². The zero-order chi connectivity index (χ0) is 21.1. The van der Waals surface area contributed by atoms with E-state index in [2.05, 4.69) is 15.0 Å². The SMILES string of the molecule is CC(C)(C)OC=O.NS(=O)(=O)c1ccc(NCC2C3OCCN23)c([N+](=O)[O-])c1. The molecule has 3 rings (SSSR count). The average Bonchev–Trinajstić information content (AvgIpc) is 2.98. The van der Waals surface area contributed by atoms with Crippen LogP contribution in [-0.4, -0.2) is 62.3 Å². The van der Waals surface area contributed by atoms with Crippen LogP contribution in [0.4, 0.5) is 11.4 Å². The molecule has 0 bridgehead atoms. The lowest BCUT2D eigenvalue weighted by atomic mass is 10.2. The highest BCUT2D eigenvalue weighted by atomic mass is 32.2. The summed E-state index contributed by atoms with van der Waals surface area (Å²) < 4.78 is 32.5. The van der Waals surface area contributed by atoms with Gasteiger partial charge in [-0.05, 0) is 32.9 Å². The number of fused-ring (bicyclic) bond motifs is 1. The zero-order valence-electron chi connectivity index (χ0n) is 15.8. The molecule has 0 aromatic heterocycles. The lowest BCUT2D eigenvalue weighted by molar-refractivity contribution is -0.384. The molecule has 28 heavy (non-hydrogen) atoms. The first-order valence-corrected chi connectivity index (χ1v) is 10.0. The van der Waals surface area contributed by atoms with E-state index in [0.717, 1.165) is 12.6 Å². The second-order valence-corrected chi connectivity index (χ2v) is 8.82. The largest absolute Gasteiger partial charge is 0.462 e. The van der Waals surface area contributed by atoms with Gasteiger partial charge in [-0.15, -0.1) is 0 Å². The molecule has 2 fully saturated rings. The molecule has 0 spiro atoms. The topological polar surface area (TPSA) is 154 Å². The molecule has 156 valence electrons. The summed E-state index contributed by atoms with van der Waals surface area (Å²) in [4.78, 5) is 21.9. The normalized spacial score (nSPS) is 23.1. The van der Waals surface area contributed by atoms with Crippen molar-refractivity contribution in [1.82, 2.24) is 4.90 Å². The zero-order valence-corrected chi connectivity index (χ0v) is 16.6. The molecule has 0 saturated carbocycles. The number of primary sulfonamides is 1. The third kappa shape index (κ3) is 5.86. The molecule has 2 aliphatic heterocycles. The highest BCUT2D eigenvalue weighted by molar-refractivity contribution is 7.89. The Kier molecular flexibility index (Phi) is 6.59. The number of nitro benzene ring substituents is 1. The first-order chi connectivity index (χ1) is 12.9. The smallest absolute Gasteiger partial charge is 0.293 e. The number of nitrogens with one attached hydrogen (secondary N) is 1. The summed E-state index contributed by atoms with van der Waals surface area (Å²) in [5.74, 6) is 0. The summed E-state index contributed by atoms with van der Waals surface area (Å²) in [6, 6.07) is 3.76. The number of ether oxygens (including phenoxy) is 2. The molecule has 3 N–H and O–H groups in total. The molecule has 0 amide bonds. The van der Waals surface area contributed by atoms with Gasteiger partial charge in [0.2, 0.25) is 10.0 Å². The second kappa shape index (κ2) is 8.39. The van der Waals surface area contributed by atoms with Crippen molar-refractivity contribution in [3.8, 4) is 0 Å². The van der Waals surface area contributed by atoms with Crippen LogP contribution in [0.15, 0.2) is 23.1 Å². The molecule has 2 heterocycles. The van der Waals surface area contributed by atoms with E-state index in [0.29, 0.717) is 19.6 Å². The van der Waals surface area contributed by atoms with Gasteiger partial charge in [-0.2, -0.15) is 0 Å². The number of rotatable bonds is 6. The molecule has 3 atom stereocenters. The van der Waals surface area contributed by atoms with Crippen molar-refractivity contribution in [1.29, 1.82) is 0 Å². The predicted octanol–water partition coefficient (Wildman–Crippen LogP) is 0.653. The fourth-order valence-corrected chi connectivity index (χ4v) is 3.18. The fourth-order valence-electron chi connectivity index (χ4n) is 2.65. The minimum Gasteiger partial charge on any atom is -0.462 e. The number of sulfonamides is 1. The Morgan fingerprint density at radius 2 is 2.14 bits per heavy atom. The molecule has 1 aromatic carbocycles. The van der Waals surface area contributed by atoms with Crippen molar-refractivity contribution in [2.75, 3.05) is 25.0 Å². The highest BCUT2D eigenvalue weighted by Gasteiger charge is 2.51. The van der Waals surface area contributed by atoms with Crippen LogP contribution in [0, 0.1) is 10.1 Å². The van der Waals surface area contributed by atoms with Crippen molar-refractivity contribution in [2.45, 2.75) is 43.5 Å². The third-order valence-corrected chi connectivity index (χ3v) is 4.94. The number of hydrogen-bond donors (Lipinski definition) is 2. The van der Waals surface area contributed by atoms with E-state index < -0.39 is 14.9 Å². The number of benzene rings is 1. The molecule has 1 aromatic rings. The molecule has 12 heteroatoms. The highest BCUT2D eigenvalue weighted by Crippen LogP contribution is 2.34. The standard InChI is InChI=1S/C11H14N4O5S.C5H10O2/c12-21(18,19)7-1-2-8(9(5-7)15(16)17)13-6-10-11-14(10)3-4-20-11;1-5(2,3)7-4-6/h1-2,5,10-11,13H,3-4,6H2,(H2,12,18,19);4H,1-3H3. The van der Waals surface area contributed by atoms with Gasteiger partial charge in [0, 0.05) is 19.2 Å². The van der Waals surface area contributed by atoms with Gasteiger partial charge in [0.25, 0.3) is 12.2 Å². The minimum atomic E-state index is -3.97. The molecule has 3 unspecified atom stereocenters. The molecule has 2 saturated heterocycles. The number of hydrogen-bond acceptors (Lipinski definition) is 9. The van der Waals surface area contributed by atoms with Gasteiger partial charge in [-0.25, -0.2) is 13.6 Å². The van der Waals surface area contributed by atoms with Crippen LogP contribution >= 0.6 is 0 Å². The van der Waals surface area contributed by atoms with Gasteiger partial charge in [0.15, 0.2) is 0 Å². The van der Waals surface area contributed by atoms with E-state index in [9.17, 15) is 23.3 Å². The Morgan fingerprint density at radius 3 is 2.57 bits per heavy atom. The molecular weight excluding hydrogens is 392 g/mol. The maximum absolute atomic E-state index is 11.2. The van der Waals surface area contributed by atoms with Crippen molar-refractivity contribution < 1.29 is 27.6 Å². The minimum absolute atomic E-state index is 0.0975. The quantitative estimate of drug-likeness (QED) is 0.294. The van der Waals surface area contributed by atoms with Crippen LogP contribution < -0.4 is 10.5 Å². The van der Waals surface area contributed by atoms with E-state index in [1.54, 1.807) is 0 Å². The van der Waals surface area contributed by atoms with Gasteiger partial charge < -0.3 is 14.8 Å². The summed E-state index contributed by atoms with van der Waals surface area (Å²) in [7, 11) is -3.97. The molecule has 0 aliphatic carbocycles. The van der Waals surface area contributed by atoms with Gasteiger partial charge in [0.05, 0.1) is 22.5 Å². The number of nitro groups is 1. The molecule has 2 aliphatic rings. The number of nitrogens with zero attached hydrogens (tertiary/aromatic N) is 2. The Morgan fingerprint density at radius 1 is 1.46 bits per heavy atom. The first kappa shape index (κ1) is 22.0.